The SMILES string of the molecule is CC(CNCc1cn(C)nn1)S(C)=O. The van der Waals surface area contributed by atoms with Crippen molar-refractivity contribution in [2.45, 2.75) is 18.7 Å². The van der Waals surface area contributed by atoms with Crippen LogP contribution in [0.15, 0.2) is 6.20 Å². The monoisotopic (exact) mass is 216 g/mol. The van der Waals surface area contributed by atoms with Gasteiger partial charge in [-0.1, -0.05) is 5.21 Å². The Balaban J connectivity index is 2.25. The molecule has 2 atom stereocenters. The van der Waals surface area contributed by atoms with Gasteiger partial charge in [0, 0.05) is 48.6 Å². The van der Waals surface area contributed by atoms with Crippen LogP contribution >= 0.6 is 0 Å². The first kappa shape index (κ1) is 11.3. The summed E-state index contributed by atoms with van der Waals surface area (Å²) >= 11 is 0. The molecule has 1 aromatic rings. The van der Waals surface area contributed by atoms with Gasteiger partial charge in [0.05, 0.1) is 5.69 Å². The summed E-state index contributed by atoms with van der Waals surface area (Å²) in [5.74, 6) is 0. The van der Waals surface area contributed by atoms with E-state index in [1.165, 1.54) is 0 Å². The summed E-state index contributed by atoms with van der Waals surface area (Å²) in [7, 11) is 1.07. The first-order chi connectivity index (χ1) is 6.59. The summed E-state index contributed by atoms with van der Waals surface area (Å²) in [5, 5.41) is 11.1. The zero-order valence-corrected chi connectivity index (χ0v) is 9.54. The predicted molar refractivity (Wildman–Crippen MR) is 56.2 cm³/mol. The van der Waals surface area contributed by atoms with Crippen molar-refractivity contribution in [3.8, 4) is 0 Å². The van der Waals surface area contributed by atoms with E-state index < -0.39 is 10.8 Å². The minimum absolute atomic E-state index is 0.173. The van der Waals surface area contributed by atoms with E-state index in [1.807, 2.05) is 20.2 Å². The highest BCUT2D eigenvalue weighted by atomic mass is 32.2. The van der Waals surface area contributed by atoms with Gasteiger partial charge in [0.2, 0.25) is 0 Å². The molecule has 0 aliphatic carbocycles. The van der Waals surface area contributed by atoms with E-state index in [-0.39, 0.29) is 5.25 Å². The molecule has 1 heterocycles. The average Bonchev–Trinajstić information content (AvgIpc) is 2.51. The number of rotatable bonds is 5. The van der Waals surface area contributed by atoms with E-state index in [1.54, 1.807) is 10.9 Å². The predicted octanol–water partition coefficient (Wildman–Crippen LogP) is -0.328. The van der Waals surface area contributed by atoms with E-state index in [0.29, 0.717) is 6.54 Å². The van der Waals surface area contributed by atoms with Gasteiger partial charge >= 0.3 is 0 Å². The first-order valence-corrected chi connectivity index (χ1v) is 6.10. The maximum absolute atomic E-state index is 11.0. The van der Waals surface area contributed by atoms with Crippen molar-refractivity contribution in [2.75, 3.05) is 12.8 Å². The molecule has 6 heteroatoms. The molecule has 0 amide bonds. The molecule has 0 bridgehead atoms. The van der Waals surface area contributed by atoms with Gasteiger partial charge in [-0.2, -0.15) is 0 Å². The second-order valence-electron chi connectivity index (χ2n) is 3.32. The fourth-order valence-electron chi connectivity index (χ4n) is 0.997. The molecule has 1 rings (SSSR count). The van der Waals surface area contributed by atoms with Crippen LogP contribution < -0.4 is 5.32 Å². The number of hydrogen-bond donors (Lipinski definition) is 1. The standard InChI is InChI=1S/C8H16N4OS/c1-7(14(3)13)4-9-5-8-6-12(2)11-10-8/h6-7,9H,4-5H2,1-3H3. The number of nitrogens with zero attached hydrogens (tertiary/aromatic N) is 3. The number of hydrogen-bond acceptors (Lipinski definition) is 4. The Kier molecular flexibility index (Phi) is 4.21. The summed E-state index contributed by atoms with van der Waals surface area (Å²) < 4.78 is 12.7. The van der Waals surface area contributed by atoms with Gasteiger partial charge in [0.25, 0.3) is 0 Å². The smallest absolute Gasteiger partial charge is 0.0964 e. The second kappa shape index (κ2) is 5.21. The fraction of sp³-hybridized carbons (Fsp3) is 0.750. The summed E-state index contributed by atoms with van der Waals surface area (Å²) in [5.41, 5.74) is 0.904. The lowest BCUT2D eigenvalue weighted by Gasteiger charge is -2.07. The molecule has 1 N–H and O–H groups in total. The molecule has 1 aromatic heterocycles. The fourth-order valence-corrected chi connectivity index (χ4v) is 1.35. The lowest BCUT2D eigenvalue weighted by Crippen LogP contribution is -2.27. The first-order valence-electron chi connectivity index (χ1n) is 4.47. The number of aromatic nitrogens is 3. The molecule has 0 aliphatic heterocycles. The highest BCUT2D eigenvalue weighted by molar-refractivity contribution is 7.84. The molecule has 0 radical (unpaired) electrons. The molecule has 0 saturated carbocycles. The van der Waals surface area contributed by atoms with Crippen LogP contribution in [-0.2, 0) is 24.4 Å². The van der Waals surface area contributed by atoms with Gasteiger partial charge in [0.15, 0.2) is 0 Å². The van der Waals surface area contributed by atoms with Gasteiger partial charge in [-0.05, 0) is 6.92 Å². The largest absolute Gasteiger partial charge is 0.310 e. The van der Waals surface area contributed by atoms with Crippen LogP contribution in [0.1, 0.15) is 12.6 Å². The van der Waals surface area contributed by atoms with Gasteiger partial charge in [-0.3, -0.25) is 8.89 Å². The highest BCUT2D eigenvalue weighted by Gasteiger charge is 2.05. The molecular weight excluding hydrogens is 200 g/mol. The molecule has 5 nitrogen and oxygen atoms in total. The molecule has 0 fully saturated rings. The molecule has 2 unspecified atom stereocenters. The Bertz CT molecular complexity index is 312. The maximum atomic E-state index is 11.0. The molecule has 0 saturated heterocycles. The minimum Gasteiger partial charge on any atom is -0.310 e. The van der Waals surface area contributed by atoms with Gasteiger partial charge in [-0.25, -0.2) is 0 Å². The lowest BCUT2D eigenvalue weighted by molar-refractivity contribution is 0.640. The minimum atomic E-state index is -0.767. The summed E-state index contributed by atoms with van der Waals surface area (Å²) in [6.45, 7) is 3.37. The van der Waals surface area contributed by atoms with E-state index >= 15 is 0 Å². The van der Waals surface area contributed by atoms with Crippen LogP contribution in [0.4, 0.5) is 0 Å². The van der Waals surface area contributed by atoms with Gasteiger partial charge in [0.1, 0.15) is 0 Å². The zero-order chi connectivity index (χ0) is 10.6. The van der Waals surface area contributed by atoms with Crippen LogP contribution in [0.5, 0.6) is 0 Å². The molecule has 14 heavy (non-hydrogen) atoms. The van der Waals surface area contributed by atoms with Crippen LogP contribution in [0.3, 0.4) is 0 Å². The number of nitrogens with one attached hydrogen (secondary N) is 1. The Hall–Kier alpha value is -0.750. The Morgan fingerprint density at radius 2 is 2.43 bits per heavy atom. The van der Waals surface area contributed by atoms with Crippen molar-refractivity contribution in [3.63, 3.8) is 0 Å². The summed E-state index contributed by atoms with van der Waals surface area (Å²) in [6, 6.07) is 0. The third-order valence-corrected chi connectivity index (χ3v) is 3.25. The lowest BCUT2D eigenvalue weighted by atomic mass is 10.4. The van der Waals surface area contributed by atoms with E-state index in [0.717, 1.165) is 12.2 Å². The topological polar surface area (TPSA) is 59.8 Å². The van der Waals surface area contributed by atoms with E-state index in [2.05, 4.69) is 15.6 Å². The quantitative estimate of drug-likeness (QED) is 0.732. The Labute approximate surface area is 86.3 Å². The van der Waals surface area contributed by atoms with Gasteiger partial charge in [-0.15, -0.1) is 5.10 Å². The third-order valence-electron chi connectivity index (χ3n) is 1.95. The molecule has 0 aliphatic rings. The normalized spacial score (nSPS) is 15.4. The van der Waals surface area contributed by atoms with Crippen molar-refractivity contribution >= 4 is 10.8 Å². The molecule has 80 valence electrons. The zero-order valence-electron chi connectivity index (χ0n) is 8.73. The van der Waals surface area contributed by atoms with Crippen molar-refractivity contribution in [2.24, 2.45) is 7.05 Å². The van der Waals surface area contributed by atoms with Crippen molar-refractivity contribution < 1.29 is 4.21 Å². The second-order valence-corrected chi connectivity index (χ2v) is 5.13. The van der Waals surface area contributed by atoms with Crippen molar-refractivity contribution in [3.05, 3.63) is 11.9 Å². The molecular formula is C8H16N4OS. The molecule has 0 aromatic carbocycles. The Morgan fingerprint density at radius 1 is 1.71 bits per heavy atom. The molecule has 0 spiro atoms. The van der Waals surface area contributed by atoms with Crippen LogP contribution in [0.25, 0.3) is 0 Å². The summed E-state index contributed by atoms with van der Waals surface area (Å²) in [6.07, 6.45) is 3.58. The summed E-state index contributed by atoms with van der Waals surface area (Å²) in [4.78, 5) is 0. The van der Waals surface area contributed by atoms with Crippen molar-refractivity contribution in [1.29, 1.82) is 0 Å². The maximum Gasteiger partial charge on any atom is 0.0964 e. The van der Waals surface area contributed by atoms with Crippen LogP contribution in [-0.4, -0.2) is 37.3 Å². The van der Waals surface area contributed by atoms with Crippen molar-refractivity contribution in [1.82, 2.24) is 20.3 Å². The Morgan fingerprint density at radius 3 is 2.93 bits per heavy atom. The van der Waals surface area contributed by atoms with Crippen LogP contribution in [0.2, 0.25) is 0 Å². The number of aryl methyl sites for hydroxylation is 1. The van der Waals surface area contributed by atoms with Gasteiger partial charge < -0.3 is 5.32 Å². The van der Waals surface area contributed by atoms with Crippen LogP contribution in [0, 0.1) is 0 Å². The highest BCUT2D eigenvalue weighted by Crippen LogP contribution is 1.93. The van der Waals surface area contributed by atoms with E-state index in [4.69, 9.17) is 0 Å². The third kappa shape index (κ3) is 3.55. The van der Waals surface area contributed by atoms with E-state index in [9.17, 15) is 4.21 Å². The average molecular weight is 216 g/mol.